The number of thiazole rings is 1. The molecule has 0 fully saturated rings. The average Bonchev–Trinajstić information content (AvgIpc) is 2.80. The van der Waals surface area contributed by atoms with Crippen LogP contribution in [0.2, 0.25) is 0 Å². The topological polar surface area (TPSA) is 63.0 Å². The Morgan fingerprint density at radius 1 is 1.50 bits per heavy atom. The van der Waals surface area contributed by atoms with Gasteiger partial charge in [-0.1, -0.05) is 12.1 Å². The summed E-state index contributed by atoms with van der Waals surface area (Å²) < 4.78 is 4.71. The van der Waals surface area contributed by atoms with Gasteiger partial charge in [-0.3, -0.25) is 0 Å². The number of hydrogen-bond acceptors (Lipinski definition) is 5. The highest BCUT2D eigenvalue weighted by molar-refractivity contribution is 7.15. The SMILES string of the molecule is COC(=O)c1nc(C)sc1-c1cccc(C#N)c1. The van der Waals surface area contributed by atoms with Gasteiger partial charge in [0.2, 0.25) is 0 Å². The maximum atomic E-state index is 11.6. The monoisotopic (exact) mass is 258 g/mol. The van der Waals surface area contributed by atoms with Crippen LogP contribution in [0.4, 0.5) is 0 Å². The van der Waals surface area contributed by atoms with Crippen LogP contribution in [-0.2, 0) is 4.74 Å². The summed E-state index contributed by atoms with van der Waals surface area (Å²) in [6.07, 6.45) is 0. The molecule has 1 aromatic heterocycles. The van der Waals surface area contributed by atoms with Crippen LogP contribution in [-0.4, -0.2) is 18.1 Å². The first kappa shape index (κ1) is 12.3. The minimum absolute atomic E-state index is 0.301. The Morgan fingerprint density at radius 2 is 2.28 bits per heavy atom. The van der Waals surface area contributed by atoms with Gasteiger partial charge < -0.3 is 4.74 Å². The van der Waals surface area contributed by atoms with Crippen LogP contribution in [0.25, 0.3) is 10.4 Å². The fourth-order valence-corrected chi connectivity index (χ4v) is 2.49. The van der Waals surface area contributed by atoms with E-state index in [4.69, 9.17) is 10.00 Å². The van der Waals surface area contributed by atoms with E-state index in [-0.39, 0.29) is 0 Å². The molecular weight excluding hydrogens is 248 g/mol. The van der Waals surface area contributed by atoms with Gasteiger partial charge in [0.25, 0.3) is 0 Å². The van der Waals surface area contributed by atoms with Crippen LogP contribution >= 0.6 is 11.3 Å². The zero-order valence-electron chi connectivity index (χ0n) is 9.93. The number of nitrogens with zero attached hydrogens (tertiary/aromatic N) is 2. The van der Waals surface area contributed by atoms with Gasteiger partial charge in [0.1, 0.15) is 0 Å². The third-order valence-corrected chi connectivity index (χ3v) is 3.39. The summed E-state index contributed by atoms with van der Waals surface area (Å²) in [5, 5.41) is 9.67. The number of carbonyl (C=O) groups excluding carboxylic acids is 1. The third-order valence-electron chi connectivity index (χ3n) is 2.37. The lowest BCUT2D eigenvalue weighted by atomic mass is 10.1. The number of esters is 1. The van der Waals surface area contributed by atoms with E-state index in [0.717, 1.165) is 15.4 Å². The number of hydrogen-bond donors (Lipinski definition) is 0. The molecule has 0 aliphatic rings. The molecule has 2 rings (SSSR count). The van der Waals surface area contributed by atoms with E-state index in [1.54, 1.807) is 18.2 Å². The summed E-state index contributed by atoms with van der Waals surface area (Å²) in [5.74, 6) is -0.461. The molecule has 0 saturated heterocycles. The number of carbonyl (C=O) groups is 1. The van der Waals surface area contributed by atoms with E-state index in [0.29, 0.717) is 11.3 Å². The highest BCUT2D eigenvalue weighted by Gasteiger charge is 2.18. The third kappa shape index (κ3) is 2.24. The predicted molar refractivity (Wildman–Crippen MR) is 68.3 cm³/mol. The molecule has 0 amide bonds. The molecular formula is C13H10N2O2S. The average molecular weight is 258 g/mol. The Morgan fingerprint density at radius 3 is 2.94 bits per heavy atom. The molecule has 5 heteroatoms. The molecule has 0 saturated carbocycles. The quantitative estimate of drug-likeness (QED) is 0.777. The Balaban J connectivity index is 2.56. The van der Waals surface area contributed by atoms with Crippen molar-refractivity contribution in [3.05, 3.63) is 40.5 Å². The smallest absolute Gasteiger partial charge is 0.358 e. The van der Waals surface area contributed by atoms with Crippen molar-refractivity contribution < 1.29 is 9.53 Å². The number of benzene rings is 1. The molecule has 0 N–H and O–H groups in total. The van der Waals surface area contributed by atoms with E-state index in [1.165, 1.54) is 18.4 Å². The van der Waals surface area contributed by atoms with Crippen LogP contribution in [0.1, 0.15) is 21.1 Å². The number of ether oxygens (including phenoxy) is 1. The van der Waals surface area contributed by atoms with E-state index >= 15 is 0 Å². The molecule has 0 bridgehead atoms. The van der Waals surface area contributed by atoms with E-state index in [1.807, 2.05) is 13.0 Å². The second kappa shape index (κ2) is 4.98. The standard InChI is InChI=1S/C13H10N2O2S/c1-8-15-11(13(16)17-2)12(18-8)10-5-3-4-9(6-10)7-14/h3-6H,1-2H3. The first-order valence-electron chi connectivity index (χ1n) is 5.22. The molecule has 4 nitrogen and oxygen atoms in total. The summed E-state index contributed by atoms with van der Waals surface area (Å²) in [4.78, 5) is 16.5. The lowest BCUT2D eigenvalue weighted by Gasteiger charge is -2.01. The predicted octanol–water partition coefficient (Wildman–Crippen LogP) is 2.78. The van der Waals surface area contributed by atoms with Gasteiger partial charge >= 0.3 is 5.97 Å². The van der Waals surface area contributed by atoms with Crippen LogP contribution in [0, 0.1) is 18.3 Å². The van der Waals surface area contributed by atoms with Crippen molar-refractivity contribution in [2.45, 2.75) is 6.92 Å². The van der Waals surface area contributed by atoms with Crippen LogP contribution in [0.15, 0.2) is 24.3 Å². The Kier molecular flexibility index (Phi) is 3.40. The maximum absolute atomic E-state index is 11.6. The van der Waals surface area contributed by atoms with Crippen molar-refractivity contribution in [1.82, 2.24) is 4.98 Å². The summed E-state index contributed by atoms with van der Waals surface area (Å²) in [5.41, 5.74) is 1.66. The summed E-state index contributed by atoms with van der Waals surface area (Å²) in [7, 11) is 1.33. The maximum Gasteiger partial charge on any atom is 0.358 e. The molecule has 1 heterocycles. The summed E-state index contributed by atoms with van der Waals surface area (Å²) >= 11 is 1.41. The highest BCUT2D eigenvalue weighted by Crippen LogP contribution is 2.31. The first-order chi connectivity index (χ1) is 8.65. The Bertz CT molecular complexity index is 641. The van der Waals surface area contributed by atoms with Crippen LogP contribution in [0.5, 0.6) is 0 Å². The van der Waals surface area contributed by atoms with Crippen molar-refractivity contribution in [3.63, 3.8) is 0 Å². The molecule has 0 radical (unpaired) electrons. The van der Waals surface area contributed by atoms with Crippen molar-refractivity contribution in [2.24, 2.45) is 0 Å². The van der Waals surface area contributed by atoms with E-state index < -0.39 is 5.97 Å². The Hall–Kier alpha value is -2.19. The summed E-state index contributed by atoms with van der Waals surface area (Å²) in [6.45, 7) is 1.83. The number of nitriles is 1. The molecule has 0 spiro atoms. The van der Waals surface area contributed by atoms with Gasteiger partial charge in [-0.25, -0.2) is 9.78 Å². The van der Waals surface area contributed by atoms with Crippen LogP contribution in [0.3, 0.4) is 0 Å². The molecule has 0 aliphatic carbocycles. The molecule has 90 valence electrons. The van der Waals surface area contributed by atoms with Crippen molar-refractivity contribution in [1.29, 1.82) is 5.26 Å². The molecule has 0 unspecified atom stereocenters. The van der Waals surface area contributed by atoms with Gasteiger partial charge in [0.15, 0.2) is 5.69 Å². The fraction of sp³-hybridized carbons (Fsp3) is 0.154. The fourth-order valence-electron chi connectivity index (χ4n) is 1.59. The number of aryl methyl sites for hydroxylation is 1. The largest absolute Gasteiger partial charge is 0.464 e. The van der Waals surface area contributed by atoms with Gasteiger partial charge in [-0.15, -0.1) is 11.3 Å². The van der Waals surface area contributed by atoms with Gasteiger partial charge in [-0.05, 0) is 24.6 Å². The molecule has 0 atom stereocenters. The van der Waals surface area contributed by atoms with E-state index in [9.17, 15) is 4.79 Å². The van der Waals surface area contributed by atoms with Gasteiger partial charge in [0.05, 0.1) is 28.6 Å². The number of rotatable bonds is 2. The molecule has 0 aliphatic heterocycles. The zero-order chi connectivity index (χ0) is 13.1. The molecule has 18 heavy (non-hydrogen) atoms. The number of aromatic nitrogens is 1. The van der Waals surface area contributed by atoms with Gasteiger partial charge in [-0.2, -0.15) is 5.26 Å². The minimum atomic E-state index is -0.461. The van der Waals surface area contributed by atoms with E-state index in [2.05, 4.69) is 11.1 Å². The first-order valence-corrected chi connectivity index (χ1v) is 6.03. The lowest BCUT2D eigenvalue weighted by Crippen LogP contribution is -2.03. The van der Waals surface area contributed by atoms with Gasteiger partial charge in [0, 0.05) is 0 Å². The lowest BCUT2D eigenvalue weighted by molar-refractivity contribution is 0.0595. The second-order valence-electron chi connectivity index (χ2n) is 3.59. The van der Waals surface area contributed by atoms with Crippen molar-refractivity contribution in [3.8, 4) is 16.5 Å². The number of methoxy groups -OCH3 is 1. The van der Waals surface area contributed by atoms with Crippen LogP contribution < -0.4 is 0 Å². The zero-order valence-corrected chi connectivity index (χ0v) is 10.7. The Labute approximate surface area is 108 Å². The molecule has 2 aromatic rings. The summed E-state index contributed by atoms with van der Waals surface area (Å²) in [6, 6.07) is 9.16. The normalized spacial score (nSPS) is 9.83. The minimum Gasteiger partial charge on any atom is -0.464 e. The highest BCUT2D eigenvalue weighted by atomic mass is 32.1. The van der Waals surface area contributed by atoms with Crippen molar-refractivity contribution in [2.75, 3.05) is 7.11 Å². The molecule has 1 aromatic carbocycles. The second-order valence-corrected chi connectivity index (χ2v) is 4.80. The van der Waals surface area contributed by atoms with Crippen molar-refractivity contribution >= 4 is 17.3 Å².